The number of anilines is 2. The van der Waals surface area contributed by atoms with Gasteiger partial charge in [0.25, 0.3) is 5.91 Å². The second-order valence-corrected chi connectivity index (χ2v) is 7.87. The van der Waals surface area contributed by atoms with Crippen LogP contribution in [0.4, 0.5) is 24.7 Å². The fourth-order valence-corrected chi connectivity index (χ4v) is 3.57. The van der Waals surface area contributed by atoms with Gasteiger partial charge in [0.15, 0.2) is 11.5 Å². The molecule has 7 nitrogen and oxygen atoms in total. The molecule has 0 aliphatic heterocycles. The lowest BCUT2D eigenvalue weighted by molar-refractivity contribution is -0.141. The zero-order valence-electron chi connectivity index (χ0n) is 15.6. The van der Waals surface area contributed by atoms with Gasteiger partial charge in [0.2, 0.25) is 0 Å². The highest BCUT2D eigenvalue weighted by Gasteiger charge is 2.45. The van der Waals surface area contributed by atoms with E-state index in [1.165, 1.54) is 25.0 Å². The maximum Gasteiger partial charge on any atom is 0.435 e. The fraction of sp³-hybridized carbons (Fsp3) is 0.389. The third kappa shape index (κ3) is 3.98. The molecule has 0 radical (unpaired) electrons. The number of rotatable bonds is 5. The number of nitrogen functional groups attached to an aromatic ring is 1. The number of alkyl halides is 3. The lowest BCUT2D eigenvalue weighted by atomic mass is 9.99. The van der Waals surface area contributed by atoms with E-state index in [9.17, 15) is 23.2 Å². The standard InChI is InChI=1S/C18H17F3N6OS/c1-3-29-12-6-10(17(9-22)4-5-17)8-24-14(12)16(28)27(2)15-11(23)7-13(25-26-15)18(19,20)21/h6-8H,3-5H2,1-2H3,(H2,23,25). The van der Waals surface area contributed by atoms with Crippen LogP contribution in [0.5, 0.6) is 0 Å². The van der Waals surface area contributed by atoms with E-state index in [1.807, 2.05) is 6.92 Å². The fourth-order valence-electron chi connectivity index (χ4n) is 2.78. The Hall–Kier alpha value is -2.87. The molecule has 11 heteroatoms. The van der Waals surface area contributed by atoms with Gasteiger partial charge >= 0.3 is 6.18 Å². The quantitative estimate of drug-likeness (QED) is 0.736. The monoisotopic (exact) mass is 422 g/mol. The summed E-state index contributed by atoms with van der Waals surface area (Å²) in [7, 11) is 1.34. The van der Waals surface area contributed by atoms with E-state index in [4.69, 9.17) is 5.73 Å². The molecule has 1 saturated carbocycles. The summed E-state index contributed by atoms with van der Waals surface area (Å²) in [5.74, 6) is -0.122. The van der Waals surface area contributed by atoms with E-state index < -0.39 is 23.2 Å². The van der Waals surface area contributed by atoms with E-state index in [0.717, 1.165) is 23.3 Å². The molecule has 0 saturated heterocycles. The number of halogens is 3. The van der Waals surface area contributed by atoms with Crippen LogP contribution in [0.3, 0.4) is 0 Å². The molecule has 2 aromatic heterocycles. The van der Waals surface area contributed by atoms with E-state index in [1.54, 1.807) is 6.07 Å². The summed E-state index contributed by atoms with van der Waals surface area (Å²) in [6.45, 7) is 1.91. The van der Waals surface area contributed by atoms with Crippen molar-refractivity contribution in [3.8, 4) is 6.07 Å². The number of carbonyl (C=O) groups excluding carboxylic acids is 1. The van der Waals surface area contributed by atoms with Gasteiger partial charge in [-0.15, -0.1) is 22.0 Å². The van der Waals surface area contributed by atoms with Gasteiger partial charge in [0.05, 0.1) is 17.2 Å². The number of thioether (sulfide) groups is 1. The van der Waals surface area contributed by atoms with Crippen LogP contribution in [0, 0.1) is 11.3 Å². The van der Waals surface area contributed by atoms with Gasteiger partial charge in [-0.25, -0.2) is 4.98 Å². The predicted molar refractivity (Wildman–Crippen MR) is 101 cm³/mol. The second-order valence-electron chi connectivity index (χ2n) is 6.57. The van der Waals surface area contributed by atoms with Crippen molar-refractivity contribution in [2.45, 2.75) is 36.3 Å². The number of nitriles is 1. The van der Waals surface area contributed by atoms with Crippen molar-refractivity contribution in [1.29, 1.82) is 5.26 Å². The second kappa shape index (κ2) is 7.51. The van der Waals surface area contributed by atoms with Gasteiger partial charge in [-0.05, 0) is 36.3 Å². The van der Waals surface area contributed by atoms with Crippen molar-refractivity contribution < 1.29 is 18.0 Å². The molecule has 3 rings (SSSR count). The van der Waals surface area contributed by atoms with Crippen LogP contribution in [-0.4, -0.2) is 33.9 Å². The summed E-state index contributed by atoms with van der Waals surface area (Å²) < 4.78 is 38.3. The van der Waals surface area contributed by atoms with Crippen LogP contribution >= 0.6 is 11.8 Å². The molecule has 1 amide bonds. The first-order valence-corrected chi connectivity index (χ1v) is 9.64. The average molecular weight is 422 g/mol. The van der Waals surface area contributed by atoms with E-state index in [-0.39, 0.29) is 17.2 Å². The van der Waals surface area contributed by atoms with E-state index in [2.05, 4.69) is 21.3 Å². The Labute approximate surface area is 169 Å². The molecule has 1 aliphatic carbocycles. The molecule has 0 spiro atoms. The topological polar surface area (TPSA) is 109 Å². The van der Waals surface area contributed by atoms with Crippen molar-refractivity contribution in [2.24, 2.45) is 0 Å². The smallest absolute Gasteiger partial charge is 0.396 e. The minimum atomic E-state index is -4.69. The number of nitrogens with two attached hydrogens (primary N) is 1. The number of nitrogens with zero attached hydrogens (tertiary/aromatic N) is 5. The number of hydrogen-bond acceptors (Lipinski definition) is 7. The Morgan fingerprint density at radius 3 is 2.59 bits per heavy atom. The Balaban J connectivity index is 1.94. The average Bonchev–Trinajstić information content (AvgIpc) is 3.48. The Morgan fingerprint density at radius 1 is 1.38 bits per heavy atom. The van der Waals surface area contributed by atoms with Gasteiger partial charge < -0.3 is 5.73 Å². The molecule has 29 heavy (non-hydrogen) atoms. The van der Waals surface area contributed by atoms with Crippen molar-refractivity contribution in [2.75, 3.05) is 23.4 Å². The van der Waals surface area contributed by atoms with Crippen LogP contribution in [-0.2, 0) is 11.6 Å². The first-order valence-electron chi connectivity index (χ1n) is 8.66. The Kier molecular flexibility index (Phi) is 5.40. The van der Waals surface area contributed by atoms with Crippen molar-refractivity contribution in [3.05, 3.63) is 35.3 Å². The first kappa shape index (κ1) is 20.9. The predicted octanol–water partition coefficient (Wildman–Crippen LogP) is 3.42. The lowest BCUT2D eigenvalue weighted by Crippen LogP contribution is -2.30. The zero-order chi connectivity index (χ0) is 21.4. The summed E-state index contributed by atoms with van der Waals surface area (Å²) in [4.78, 5) is 18.8. The highest BCUT2D eigenvalue weighted by molar-refractivity contribution is 7.99. The van der Waals surface area contributed by atoms with Gasteiger partial charge in [-0.2, -0.15) is 18.4 Å². The molecule has 1 fully saturated rings. The van der Waals surface area contributed by atoms with Crippen LogP contribution in [0.25, 0.3) is 0 Å². The van der Waals surface area contributed by atoms with Gasteiger partial charge in [0.1, 0.15) is 5.69 Å². The third-order valence-corrected chi connectivity index (χ3v) is 5.50. The molecule has 1 aliphatic rings. The number of amides is 1. The maximum absolute atomic E-state index is 13.0. The highest BCUT2D eigenvalue weighted by atomic mass is 32.2. The van der Waals surface area contributed by atoms with Crippen LogP contribution in [0.2, 0.25) is 0 Å². The van der Waals surface area contributed by atoms with Crippen molar-refractivity contribution in [3.63, 3.8) is 0 Å². The minimum Gasteiger partial charge on any atom is -0.396 e. The summed E-state index contributed by atoms with van der Waals surface area (Å²) in [6, 6.07) is 4.70. The SMILES string of the molecule is CCSc1cc(C2(C#N)CC2)cnc1C(=O)N(C)c1nnc(C(F)(F)F)cc1N. The van der Waals surface area contributed by atoms with Gasteiger partial charge in [-0.3, -0.25) is 9.69 Å². The molecule has 0 aromatic carbocycles. The molecule has 0 unspecified atom stereocenters. The normalized spacial score (nSPS) is 14.9. The maximum atomic E-state index is 13.0. The van der Waals surface area contributed by atoms with E-state index in [0.29, 0.717) is 16.7 Å². The molecule has 0 atom stereocenters. The number of aromatic nitrogens is 3. The number of hydrogen-bond donors (Lipinski definition) is 1. The molecule has 0 bridgehead atoms. The van der Waals surface area contributed by atoms with Gasteiger partial charge in [-0.1, -0.05) is 6.92 Å². The van der Waals surface area contributed by atoms with E-state index >= 15 is 0 Å². The first-order chi connectivity index (χ1) is 13.6. The Bertz CT molecular complexity index is 1000. The number of pyridine rings is 1. The molecule has 2 N–H and O–H groups in total. The summed E-state index contributed by atoms with van der Waals surface area (Å²) in [6.07, 6.45) is -1.71. The Morgan fingerprint density at radius 2 is 2.07 bits per heavy atom. The third-order valence-electron chi connectivity index (χ3n) is 4.59. The summed E-state index contributed by atoms with van der Waals surface area (Å²) in [5.41, 5.74) is 4.43. The van der Waals surface area contributed by atoms with Gasteiger partial charge in [0, 0.05) is 18.1 Å². The number of carbonyl (C=O) groups is 1. The highest BCUT2D eigenvalue weighted by Crippen LogP contribution is 2.48. The summed E-state index contributed by atoms with van der Waals surface area (Å²) in [5, 5.41) is 16.0. The summed E-state index contributed by atoms with van der Waals surface area (Å²) >= 11 is 1.39. The molecule has 2 heterocycles. The van der Waals surface area contributed by atoms with Crippen LogP contribution in [0.15, 0.2) is 23.2 Å². The molecular formula is C18H17F3N6OS. The van der Waals surface area contributed by atoms with Crippen LogP contribution in [0.1, 0.15) is 41.5 Å². The lowest BCUT2D eigenvalue weighted by Gasteiger charge is -2.19. The largest absolute Gasteiger partial charge is 0.435 e. The van der Waals surface area contributed by atoms with Crippen molar-refractivity contribution in [1.82, 2.24) is 15.2 Å². The molecule has 152 valence electrons. The van der Waals surface area contributed by atoms with Crippen LogP contribution < -0.4 is 10.6 Å². The molecule has 2 aromatic rings. The zero-order valence-corrected chi connectivity index (χ0v) is 16.4. The van der Waals surface area contributed by atoms with Crippen molar-refractivity contribution >= 4 is 29.2 Å². The molecular weight excluding hydrogens is 405 g/mol. The minimum absolute atomic E-state index is 0.109.